The van der Waals surface area contributed by atoms with Gasteiger partial charge < -0.3 is 9.47 Å². The third kappa shape index (κ3) is 3.63. The third-order valence-corrected chi connectivity index (χ3v) is 2.89. The molecule has 0 bridgehead atoms. The van der Waals surface area contributed by atoms with Crippen molar-refractivity contribution in [2.75, 3.05) is 13.7 Å². The normalized spacial score (nSPS) is 11.1. The minimum Gasteiger partial charge on any atom is -0.492 e. The van der Waals surface area contributed by atoms with Crippen LogP contribution >= 0.6 is 11.6 Å². The Bertz CT molecular complexity index is 413. The molecule has 0 saturated carbocycles. The van der Waals surface area contributed by atoms with Gasteiger partial charge >= 0.3 is 5.97 Å². The van der Waals surface area contributed by atoms with Gasteiger partial charge in [0.05, 0.1) is 12.5 Å². The molecule has 0 aromatic heterocycles. The van der Waals surface area contributed by atoms with Gasteiger partial charge in [0.15, 0.2) is 0 Å². The van der Waals surface area contributed by atoms with Gasteiger partial charge in [-0.25, -0.2) is 0 Å². The van der Waals surface area contributed by atoms with E-state index in [0.717, 1.165) is 5.56 Å². The molecule has 0 unspecified atom stereocenters. The highest BCUT2D eigenvalue weighted by molar-refractivity contribution is 6.31. The van der Waals surface area contributed by atoms with E-state index in [-0.39, 0.29) is 12.6 Å². The van der Waals surface area contributed by atoms with E-state index in [9.17, 15) is 4.79 Å². The summed E-state index contributed by atoms with van der Waals surface area (Å²) in [5, 5.41) is 0.699. The summed E-state index contributed by atoms with van der Waals surface area (Å²) in [5.41, 5.74) is 0.280. The topological polar surface area (TPSA) is 35.5 Å². The van der Waals surface area contributed by atoms with Crippen LogP contribution in [-0.4, -0.2) is 19.7 Å². The molecule has 4 heteroatoms. The molecule has 17 heavy (non-hydrogen) atoms. The summed E-state index contributed by atoms with van der Waals surface area (Å²) in [5.74, 6) is 0.409. The predicted octanol–water partition coefficient (Wildman–Crippen LogP) is 3.23. The fourth-order valence-corrected chi connectivity index (χ4v) is 1.42. The van der Waals surface area contributed by atoms with Crippen LogP contribution in [0.4, 0.5) is 0 Å². The van der Waals surface area contributed by atoms with Gasteiger partial charge in [-0.05, 0) is 44.5 Å². The first kappa shape index (κ1) is 13.8. The van der Waals surface area contributed by atoms with E-state index in [2.05, 4.69) is 0 Å². The number of carbonyl (C=O) groups excluding carboxylic acids is 1. The van der Waals surface area contributed by atoms with Gasteiger partial charge in [-0.15, -0.1) is 0 Å². The number of hydrogen-bond acceptors (Lipinski definition) is 3. The van der Waals surface area contributed by atoms with E-state index in [0.29, 0.717) is 10.8 Å². The summed E-state index contributed by atoms with van der Waals surface area (Å²) in [6.45, 7) is 5.73. The zero-order valence-corrected chi connectivity index (χ0v) is 11.3. The van der Waals surface area contributed by atoms with Gasteiger partial charge in [0.2, 0.25) is 0 Å². The molecular weight excluding hydrogens is 240 g/mol. The first-order valence-electron chi connectivity index (χ1n) is 5.34. The Morgan fingerprint density at radius 1 is 1.41 bits per heavy atom. The molecule has 0 spiro atoms. The number of esters is 1. The third-order valence-electron chi connectivity index (χ3n) is 2.47. The Balaban J connectivity index is 2.67. The van der Waals surface area contributed by atoms with Crippen molar-refractivity contribution in [1.29, 1.82) is 0 Å². The number of ether oxygens (including phenoxy) is 2. The van der Waals surface area contributed by atoms with Gasteiger partial charge in [0.25, 0.3) is 0 Å². The maximum Gasteiger partial charge on any atom is 0.314 e. The minimum absolute atomic E-state index is 0.265. The maximum atomic E-state index is 11.5. The summed E-state index contributed by atoms with van der Waals surface area (Å²) in [6.07, 6.45) is 0. The Kier molecular flexibility index (Phi) is 4.40. The Morgan fingerprint density at radius 2 is 2.06 bits per heavy atom. The second kappa shape index (κ2) is 5.41. The van der Waals surface area contributed by atoms with Crippen LogP contribution in [0.5, 0.6) is 5.75 Å². The van der Waals surface area contributed by atoms with Crippen molar-refractivity contribution < 1.29 is 14.3 Å². The highest BCUT2D eigenvalue weighted by Crippen LogP contribution is 2.24. The van der Waals surface area contributed by atoms with E-state index in [1.54, 1.807) is 26.0 Å². The molecule has 0 amide bonds. The first-order valence-corrected chi connectivity index (χ1v) is 5.72. The number of carbonyl (C=O) groups is 1. The van der Waals surface area contributed by atoms with Gasteiger partial charge in [-0.3, -0.25) is 4.79 Å². The number of methoxy groups -OCH3 is 1. The van der Waals surface area contributed by atoms with E-state index in [1.165, 1.54) is 7.11 Å². The van der Waals surface area contributed by atoms with Crippen LogP contribution in [-0.2, 0) is 9.53 Å². The lowest BCUT2D eigenvalue weighted by atomic mass is 9.95. The smallest absolute Gasteiger partial charge is 0.314 e. The first-order chi connectivity index (χ1) is 7.86. The number of hydrogen-bond donors (Lipinski definition) is 0. The van der Waals surface area contributed by atoms with Crippen molar-refractivity contribution >= 4 is 17.6 Å². The van der Waals surface area contributed by atoms with Crippen LogP contribution in [0.25, 0.3) is 0 Å². The van der Waals surface area contributed by atoms with Gasteiger partial charge in [0.1, 0.15) is 12.4 Å². The van der Waals surface area contributed by atoms with Crippen LogP contribution in [0, 0.1) is 12.3 Å². The van der Waals surface area contributed by atoms with Crippen molar-refractivity contribution in [3.05, 3.63) is 28.8 Å². The van der Waals surface area contributed by atoms with Crippen molar-refractivity contribution in [3.8, 4) is 5.75 Å². The van der Waals surface area contributed by atoms with Crippen molar-refractivity contribution in [1.82, 2.24) is 0 Å². The minimum atomic E-state index is -0.664. The van der Waals surface area contributed by atoms with Crippen LogP contribution in [0.15, 0.2) is 18.2 Å². The SMILES string of the molecule is COC(=O)C(C)(C)COc1ccc(Cl)c(C)c1. The van der Waals surface area contributed by atoms with Crippen molar-refractivity contribution in [2.45, 2.75) is 20.8 Å². The van der Waals surface area contributed by atoms with E-state index in [1.807, 2.05) is 13.0 Å². The number of halogens is 1. The summed E-state index contributed by atoms with van der Waals surface area (Å²) in [4.78, 5) is 11.5. The molecule has 0 aliphatic rings. The van der Waals surface area contributed by atoms with Crippen molar-refractivity contribution in [2.24, 2.45) is 5.41 Å². The molecule has 0 N–H and O–H groups in total. The highest BCUT2D eigenvalue weighted by atomic mass is 35.5. The fourth-order valence-electron chi connectivity index (χ4n) is 1.31. The Labute approximate surface area is 107 Å². The quantitative estimate of drug-likeness (QED) is 0.776. The second-order valence-corrected chi connectivity index (χ2v) is 4.98. The molecule has 0 atom stereocenters. The van der Waals surface area contributed by atoms with Gasteiger partial charge in [-0.2, -0.15) is 0 Å². The second-order valence-electron chi connectivity index (χ2n) is 4.58. The average Bonchev–Trinajstić information content (AvgIpc) is 2.29. The van der Waals surface area contributed by atoms with Gasteiger partial charge in [-0.1, -0.05) is 11.6 Å². The van der Waals surface area contributed by atoms with Crippen LogP contribution in [0.1, 0.15) is 19.4 Å². The molecule has 0 fully saturated rings. The molecule has 0 saturated heterocycles. The summed E-state index contributed by atoms with van der Waals surface area (Å²) >= 11 is 5.91. The van der Waals surface area contributed by atoms with Crippen LogP contribution in [0.2, 0.25) is 5.02 Å². The molecule has 0 radical (unpaired) electrons. The molecule has 1 rings (SSSR count). The van der Waals surface area contributed by atoms with Crippen LogP contribution < -0.4 is 4.74 Å². The predicted molar refractivity (Wildman–Crippen MR) is 67.5 cm³/mol. The molecule has 1 aromatic carbocycles. The Morgan fingerprint density at radius 3 is 2.59 bits per heavy atom. The number of aryl methyl sites for hydroxylation is 1. The molecule has 0 aliphatic carbocycles. The largest absolute Gasteiger partial charge is 0.492 e. The zero-order valence-electron chi connectivity index (χ0n) is 10.5. The molecule has 0 heterocycles. The van der Waals surface area contributed by atoms with Crippen LogP contribution in [0.3, 0.4) is 0 Å². The Hall–Kier alpha value is -1.22. The lowest BCUT2D eigenvalue weighted by Crippen LogP contribution is -2.32. The summed E-state index contributed by atoms with van der Waals surface area (Å²) in [7, 11) is 1.37. The van der Waals surface area contributed by atoms with Gasteiger partial charge in [0, 0.05) is 5.02 Å². The number of rotatable bonds is 4. The monoisotopic (exact) mass is 256 g/mol. The van der Waals surface area contributed by atoms with E-state index < -0.39 is 5.41 Å². The lowest BCUT2D eigenvalue weighted by molar-refractivity contribution is -0.152. The lowest BCUT2D eigenvalue weighted by Gasteiger charge is -2.21. The molecular formula is C13H17ClO3. The highest BCUT2D eigenvalue weighted by Gasteiger charge is 2.29. The standard InChI is InChI=1S/C13H17ClO3/c1-9-7-10(5-6-11(9)14)17-8-13(2,3)12(15)16-4/h5-7H,8H2,1-4H3. The van der Waals surface area contributed by atoms with E-state index >= 15 is 0 Å². The molecule has 1 aromatic rings. The maximum absolute atomic E-state index is 11.5. The molecule has 0 aliphatic heterocycles. The fraction of sp³-hybridized carbons (Fsp3) is 0.462. The van der Waals surface area contributed by atoms with Crippen molar-refractivity contribution in [3.63, 3.8) is 0 Å². The van der Waals surface area contributed by atoms with E-state index in [4.69, 9.17) is 21.1 Å². The summed E-state index contributed by atoms with van der Waals surface area (Å²) < 4.78 is 10.3. The summed E-state index contributed by atoms with van der Waals surface area (Å²) in [6, 6.07) is 5.40. The molecule has 3 nitrogen and oxygen atoms in total. The average molecular weight is 257 g/mol. The number of benzene rings is 1. The zero-order chi connectivity index (χ0) is 13.1. The molecule has 94 valence electrons.